The van der Waals surface area contributed by atoms with E-state index < -0.39 is 0 Å². The van der Waals surface area contributed by atoms with Crippen molar-refractivity contribution in [3.05, 3.63) is 120 Å². The molecule has 0 N–H and O–H groups in total. The van der Waals surface area contributed by atoms with E-state index in [1.165, 1.54) is 0 Å². The Bertz CT molecular complexity index is 1690. The predicted octanol–water partition coefficient (Wildman–Crippen LogP) is 7.25. The number of nitrogens with zero attached hydrogens (tertiary/aromatic N) is 4. The molecule has 3 aromatic heterocycles. The first kappa shape index (κ1) is 23.0. The van der Waals surface area contributed by atoms with Crippen LogP contribution in [-0.4, -0.2) is 9.97 Å². The summed E-state index contributed by atoms with van der Waals surface area (Å²) in [5.41, 5.74) is 11.2. The van der Waals surface area contributed by atoms with Crippen LogP contribution in [0.15, 0.2) is 97.1 Å². The first-order valence-electron chi connectivity index (χ1n) is 11.9. The van der Waals surface area contributed by atoms with Crippen molar-refractivity contribution in [2.75, 3.05) is 0 Å². The van der Waals surface area contributed by atoms with Gasteiger partial charge in [-0.25, -0.2) is 9.97 Å². The van der Waals surface area contributed by atoms with Crippen molar-refractivity contribution < 1.29 is 17.1 Å². The number of rotatable bonds is 2. The Labute approximate surface area is 225 Å². The fraction of sp³-hybridized carbons (Fsp3) is 0. The Morgan fingerprint density at radius 1 is 0.459 bits per heavy atom. The zero-order valence-corrected chi connectivity index (χ0v) is 20.9. The summed E-state index contributed by atoms with van der Waals surface area (Å²) in [6.45, 7) is 0. The van der Waals surface area contributed by atoms with Crippen molar-refractivity contribution in [1.82, 2.24) is 19.9 Å². The molecule has 0 aliphatic carbocycles. The molecule has 2 aliphatic rings. The van der Waals surface area contributed by atoms with Gasteiger partial charge in [-0.3, -0.25) is 0 Å². The van der Waals surface area contributed by atoms with Crippen LogP contribution in [-0.2, 0) is 17.1 Å². The Kier molecular flexibility index (Phi) is 5.93. The molecule has 0 spiro atoms. The average molecular weight is 515 g/mol. The van der Waals surface area contributed by atoms with Crippen LogP contribution in [0.5, 0.6) is 0 Å². The van der Waals surface area contributed by atoms with E-state index in [9.17, 15) is 0 Å². The summed E-state index contributed by atoms with van der Waals surface area (Å²) >= 11 is 0. The Balaban J connectivity index is 0.00000252. The minimum atomic E-state index is 0. The molecule has 2 aliphatic heterocycles. The zero-order chi connectivity index (χ0) is 23.9. The number of hydrogen-bond donors (Lipinski definition) is 0. The molecule has 0 atom stereocenters. The van der Waals surface area contributed by atoms with Crippen molar-refractivity contribution in [2.24, 2.45) is 0 Å². The van der Waals surface area contributed by atoms with Gasteiger partial charge in [-0.15, -0.1) is 22.1 Å². The summed E-state index contributed by atoms with van der Waals surface area (Å²) in [6.07, 6.45) is 8.18. The van der Waals surface area contributed by atoms with E-state index in [-0.39, 0.29) is 17.1 Å². The third kappa shape index (κ3) is 4.36. The molecule has 0 saturated heterocycles. The summed E-state index contributed by atoms with van der Waals surface area (Å²) in [5, 5.41) is 0. The molecule has 0 saturated carbocycles. The smallest absolute Gasteiger partial charge is 0.657 e. The Morgan fingerprint density at radius 2 is 0.892 bits per heavy atom. The Morgan fingerprint density at radius 3 is 1.32 bits per heavy atom. The van der Waals surface area contributed by atoms with Crippen molar-refractivity contribution in [3.8, 4) is 22.3 Å². The molecule has 175 valence electrons. The van der Waals surface area contributed by atoms with Gasteiger partial charge in [-0.05, 0) is 46.6 Å². The summed E-state index contributed by atoms with van der Waals surface area (Å²) < 4.78 is 0. The topological polar surface area (TPSA) is 54.0 Å². The minimum Gasteiger partial charge on any atom is -0.657 e. The molecule has 2 aromatic carbocycles. The molecule has 5 aromatic rings. The van der Waals surface area contributed by atoms with Crippen molar-refractivity contribution in [3.63, 3.8) is 0 Å². The van der Waals surface area contributed by atoms with Gasteiger partial charge in [0.2, 0.25) is 0 Å². The molecule has 8 bridgehead atoms. The van der Waals surface area contributed by atoms with Crippen molar-refractivity contribution >= 4 is 46.4 Å². The van der Waals surface area contributed by atoms with Gasteiger partial charge in [0.05, 0.1) is 22.8 Å². The summed E-state index contributed by atoms with van der Waals surface area (Å²) in [7, 11) is 0. The maximum Gasteiger partial charge on any atom is 2.00 e. The van der Waals surface area contributed by atoms with Crippen LogP contribution in [0.4, 0.5) is 0 Å². The largest absolute Gasteiger partial charge is 2.00 e. The standard InChI is InChI=1S/C32H20N4.Mn/c1-3-7-21(8-4-1)31-27-15-11-23(33-27)19-25-13-17-29(35-25)32(22-9-5-2-6-10-22)30-18-14-26(36-30)20-24-12-16-28(31)34-24;/h1-20H;/q-2;+2. The zero-order valence-electron chi connectivity index (χ0n) is 19.7. The second-order valence-electron chi connectivity index (χ2n) is 8.79. The molecule has 1 radical (unpaired) electrons. The van der Waals surface area contributed by atoms with Gasteiger partial charge >= 0.3 is 17.1 Å². The van der Waals surface area contributed by atoms with Gasteiger partial charge in [-0.2, -0.15) is 0 Å². The van der Waals surface area contributed by atoms with E-state index in [2.05, 4.69) is 48.6 Å². The molecular formula is C32H20MnN4. The third-order valence-electron chi connectivity index (χ3n) is 6.39. The summed E-state index contributed by atoms with van der Waals surface area (Å²) in [4.78, 5) is 19.8. The molecule has 0 amide bonds. The van der Waals surface area contributed by atoms with E-state index in [1.54, 1.807) is 0 Å². The second-order valence-corrected chi connectivity index (χ2v) is 8.79. The molecule has 4 nitrogen and oxygen atoms in total. The van der Waals surface area contributed by atoms with Crippen molar-refractivity contribution in [1.29, 1.82) is 0 Å². The number of fused-ring (bicyclic) bond motifs is 8. The maximum absolute atomic E-state index is 4.95. The molecule has 37 heavy (non-hydrogen) atoms. The average Bonchev–Trinajstić information content (AvgIpc) is 3.72. The summed E-state index contributed by atoms with van der Waals surface area (Å²) in [6, 6.07) is 32.8. The van der Waals surface area contributed by atoms with Crippen molar-refractivity contribution in [2.45, 2.75) is 0 Å². The van der Waals surface area contributed by atoms with Crippen LogP contribution < -0.4 is 9.97 Å². The first-order chi connectivity index (χ1) is 17.8. The predicted molar refractivity (Wildman–Crippen MR) is 148 cm³/mol. The van der Waals surface area contributed by atoms with Crippen LogP contribution in [0.2, 0.25) is 0 Å². The van der Waals surface area contributed by atoms with Crippen LogP contribution in [0.3, 0.4) is 0 Å². The SMILES string of the molecule is C1=Cc2nc1cc1ccc([n-]1)c(-c1ccccc1)c1nc(cc3ccc([n-]3)c2-c2ccccc2)C=C1.[Mn+2]. The van der Waals surface area contributed by atoms with Gasteiger partial charge in [0.25, 0.3) is 0 Å². The minimum absolute atomic E-state index is 0. The second kappa shape index (κ2) is 9.55. The van der Waals surface area contributed by atoms with E-state index in [4.69, 9.17) is 19.9 Å². The Hall–Kier alpha value is -4.44. The van der Waals surface area contributed by atoms with Crippen LogP contribution in [0.1, 0.15) is 22.8 Å². The molecular weight excluding hydrogens is 495 g/mol. The van der Waals surface area contributed by atoms with Gasteiger partial charge < -0.3 is 9.97 Å². The normalized spacial score (nSPS) is 11.9. The fourth-order valence-electron chi connectivity index (χ4n) is 4.76. The fourth-order valence-corrected chi connectivity index (χ4v) is 4.76. The molecule has 0 fully saturated rings. The van der Waals surface area contributed by atoms with Gasteiger partial charge in [0.1, 0.15) is 0 Å². The van der Waals surface area contributed by atoms with E-state index in [0.29, 0.717) is 0 Å². The molecule has 0 unspecified atom stereocenters. The monoisotopic (exact) mass is 515 g/mol. The van der Waals surface area contributed by atoms with E-state index in [0.717, 1.165) is 67.1 Å². The number of hydrogen-bond acceptors (Lipinski definition) is 2. The molecule has 7 rings (SSSR count). The van der Waals surface area contributed by atoms with E-state index in [1.807, 2.05) is 72.8 Å². The molecule has 5 heteroatoms. The quantitative estimate of drug-likeness (QED) is 0.228. The molecule has 5 heterocycles. The number of aromatic nitrogens is 4. The third-order valence-corrected chi connectivity index (χ3v) is 6.39. The number of benzene rings is 2. The van der Waals surface area contributed by atoms with Crippen LogP contribution >= 0.6 is 0 Å². The van der Waals surface area contributed by atoms with Gasteiger partial charge in [0, 0.05) is 0 Å². The van der Waals surface area contributed by atoms with Crippen LogP contribution in [0.25, 0.3) is 68.6 Å². The summed E-state index contributed by atoms with van der Waals surface area (Å²) in [5.74, 6) is 0. The maximum atomic E-state index is 4.95. The van der Waals surface area contributed by atoms with Gasteiger partial charge in [-0.1, -0.05) is 97.1 Å². The van der Waals surface area contributed by atoms with Crippen LogP contribution in [0, 0.1) is 0 Å². The van der Waals surface area contributed by atoms with E-state index >= 15 is 0 Å². The van der Waals surface area contributed by atoms with Gasteiger partial charge in [0.15, 0.2) is 0 Å². The first-order valence-corrected chi connectivity index (χ1v) is 11.9.